The van der Waals surface area contributed by atoms with Crippen LogP contribution in [0, 0.1) is 11.7 Å². The van der Waals surface area contributed by atoms with Gasteiger partial charge >= 0.3 is 6.18 Å². The van der Waals surface area contributed by atoms with Crippen LogP contribution in [0.3, 0.4) is 0 Å². The molecule has 2 saturated heterocycles. The van der Waals surface area contributed by atoms with E-state index < -0.39 is 26.7 Å². The van der Waals surface area contributed by atoms with Crippen molar-refractivity contribution in [1.29, 1.82) is 0 Å². The van der Waals surface area contributed by atoms with Gasteiger partial charge in [-0.05, 0) is 55.3 Å². The van der Waals surface area contributed by atoms with Crippen LogP contribution >= 0.6 is 0 Å². The number of nitrogens with zero attached hydrogens (tertiary/aromatic N) is 3. The number of hydrogen-bond donors (Lipinski definition) is 0. The van der Waals surface area contributed by atoms with Crippen molar-refractivity contribution in [1.82, 2.24) is 9.21 Å². The Balaban J connectivity index is 1.33. The molecule has 0 N–H and O–H groups in total. The highest BCUT2D eigenvalue weighted by Gasteiger charge is 2.36. The first-order chi connectivity index (χ1) is 16.1. The van der Waals surface area contributed by atoms with Crippen molar-refractivity contribution in [3.8, 4) is 0 Å². The average molecular weight is 500 g/mol. The molecule has 2 aliphatic rings. The van der Waals surface area contributed by atoms with Crippen molar-refractivity contribution in [3.63, 3.8) is 0 Å². The highest BCUT2D eigenvalue weighted by molar-refractivity contribution is 7.89. The topological polar surface area (TPSA) is 60.9 Å². The van der Waals surface area contributed by atoms with Crippen LogP contribution in [0.15, 0.2) is 53.4 Å². The van der Waals surface area contributed by atoms with E-state index in [9.17, 15) is 30.8 Å². The summed E-state index contributed by atoms with van der Waals surface area (Å²) in [6.07, 6.45) is -4.00. The Hall–Kier alpha value is -2.66. The van der Waals surface area contributed by atoms with E-state index >= 15 is 0 Å². The predicted molar refractivity (Wildman–Crippen MR) is 118 cm³/mol. The summed E-state index contributed by atoms with van der Waals surface area (Å²) in [4.78, 5) is 16.4. The van der Waals surface area contributed by atoms with E-state index in [4.69, 9.17) is 0 Å². The molecule has 0 radical (unpaired) electrons. The molecule has 0 aromatic heterocycles. The van der Waals surface area contributed by atoms with E-state index in [1.54, 1.807) is 17.0 Å². The number of halogens is 4. The number of carbonyl (C=O) groups excluding carboxylic acids is 1. The molecule has 6 nitrogen and oxygen atoms in total. The summed E-state index contributed by atoms with van der Waals surface area (Å²) < 4.78 is 79.0. The molecular formula is C23H25F4N3O3S. The van der Waals surface area contributed by atoms with Crippen LogP contribution in [-0.4, -0.2) is 62.8 Å². The fraction of sp³-hybridized carbons (Fsp3) is 0.435. The molecule has 2 aromatic carbocycles. The number of sulfonamides is 1. The number of piperidine rings is 1. The van der Waals surface area contributed by atoms with Gasteiger partial charge in [0.2, 0.25) is 15.9 Å². The van der Waals surface area contributed by atoms with Crippen LogP contribution in [-0.2, 0) is 21.0 Å². The van der Waals surface area contributed by atoms with Gasteiger partial charge < -0.3 is 9.80 Å². The first-order valence-corrected chi connectivity index (χ1v) is 12.5. The van der Waals surface area contributed by atoms with Crippen molar-refractivity contribution in [2.45, 2.75) is 23.9 Å². The average Bonchev–Trinajstić information content (AvgIpc) is 2.84. The molecule has 1 amide bonds. The predicted octanol–water partition coefficient (Wildman–Crippen LogP) is 3.59. The van der Waals surface area contributed by atoms with Gasteiger partial charge in [0.25, 0.3) is 0 Å². The third-order valence-corrected chi connectivity index (χ3v) is 8.28. The van der Waals surface area contributed by atoms with Gasteiger partial charge in [0.1, 0.15) is 5.82 Å². The van der Waals surface area contributed by atoms with Crippen molar-refractivity contribution in [3.05, 3.63) is 59.9 Å². The zero-order valence-electron chi connectivity index (χ0n) is 18.3. The maximum atomic E-state index is 13.1. The second kappa shape index (κ2) is 9.53. The summed E-state index contributed by atoms with van der Waals surface area (Å²) in [6, 6.07) is 9.91. The van der Waals surface area contributed by atoms with Gasteiger partial charge in [-0.1, -0.05) is 6.07 Å². The lowest BCUT2D eigenvalue weighted by molar-refractivity contribution is -0.138. The van der Waals surface area contributed by atoms with Crippen LogP contribution in [0.5, 0.6) is 0 Å². The molecule has 2 heterocycles. The number of benzene rings is 2. The third kappa shape index (κ3) is 5.20. The van der Waals surface area contributed by atoms with E-state index in [2.05, 4.69) is 4.90 Å². The summed E-state index contributed by atoms with van der Waals surface area (Å²) in [5.74, 6) is -0.667. The minimum Gasteiger partial charge on any atom is -0.368 e. The van der Waals surface area contributed by atoms with Gasteiger partial charge in [0, 0.05) is 50.9 Å². The number of alkyl halides is 3. The van der Waals surface area contributed by atoms with Crippen molar-refractivity contribution in [2.24, 2.45) is 5.92 Å². The molecule has 184 valence electrons. The Labute approximate surface area is 195 Å². The molecule has 4 rings (SSSR count). The number of hydrogen-bond acceptors (Lipinski definition) is 4. The van der Waals surface area contributed by atoms with Crippen LogP contribution in [0.2, 0.25) is 0 Å². The lowest BCUT2D eigenvalue weighted by Gasteiger charge is -2.39. The summed E-state index contributed by atoms with van der Waals surface area (Å²) in [6.45, 7) is 2.40. The number of rotatable bonds is 4. The van der Waals surface area contributed by atoms with E-state index in [1.807, 2.05) is 0 Å². The Bertz CT molecular complexity index is 1120. The molecule has 0 unspecified atom stereocenters. The lowest BCUT2D eigenvalue weighted by atomic mass is 9.96. The highest BCUT2D eigenvalue weighted by Crippen LogP contribution is 2.32. The van der Waals surface area contributed by atoms with Crippen molar-refractivity contribution >= 4 is 21.6 Å². The zero-order valence-corrected chi connectivity index (χ0v) is 19.2. The van der Waals surface area contributed by atoms with Gasteiger partial charge in [0.15, 0.2) is 0 Å². The maximum absolute atomic E-state index is 13.1. The van der Waals surface area contributed by atoms with Crippen LogP contribution in [0.4, 0.5) is 23.2 Å². The quantitative estimate of drug-likeness (QED) is 0.604. The molecule has 0 saturated carbocycles. The van der Waals surface area contributed by atoms with Gasteiger partial charge in [-0.15, -0.1) is 0 Å². The fourth-order valence-corrected chi connectivity index (χ4v) is 5.94. The minimum atomic E-state index is -4.63. The highest BCUT2D eigenvalue weighted by atomic mass is 32.2. The van der Waals surface area contributed by atoms with Gasteiger partial charge in [0.05, 0.1) is 10.5 Å². The minimum absolute atomic E-state index is 0.0325. The summed E-state index contributed by atoms with van der Waals surface area (Å²) >= 11 is 0. The molecule has 34 heavy (non-hydrogen) atoms. The first-order valence-electron chi connectivity index (χ1n) is 11.0. The second-order valence-corrected chi connectivity index (χ2v) is 10.4. The second-order valence-electron chi connectivity index (χ2n) is 8.49. The van der Waals surface area contributed by atoms with E-state index in [-0.39, 0.29) is 30.7 Å². The normalized spacial score (nSPS) is 18.8. The molecule has 2 aliphatic heterocycles. The van der Waals surface area contributed by atoms with Crippen molar-refractivity contribution < 1.29 is 30.8 Å². The molecule has 0 atom stereocenters. The fourth-order valence-electron chi connectivity index (χ4n) is 4.42. The molecule has 0 aliphatic carbocycles. The standard InChI is InChI=1S/C23H25F4N3O3S/c24-19-4-6-20(7-5-19)28-12-14-29(15-13-28)22(31)17-8-10-30(11-9-17)34(32,33)21-3-1-2-18(16-21)23(25,26)27/h1-7,16-17H,8-15H2. The number of amides is 1. The van der Waals surface area contributed by atoms with E-state index in [1.165, 1.54) is 12.1 Å². The van der Waals surface area contributed by atoms with E-state index in [0.717, 1.165) is 28.2 Å². The van der Waals surface area contributed by atoms with Crippen LogP contribution in [0.1, 0.15) is 18.4 Å². The molecule has 2 aromatic rings. The number of carbonyl (C=O) groups is 1. The molecular weight excluding hydrogens is 474 g/mol. The van der Waals surface area contributed by atoms with Crippen LogP contribution < -0.4 is 4.90 Å². The molecule has 11 heteroatoms. The zero-order chi connectivity index (χ0) is 24.5. The third-order valence-electron chi connectivity index (χ3n) is 6.39. The van der Waals surface area contributed by atoms with Crippen LogP contribution in [0.25, 0.3) is 0 Å². The molecule has 0 spiro atoms. The van der Waals surface area contributed by atoms with Gasteiger partial charge in [-0.2, -0.15) is 17.5 Å². The summed E-state index contributed by atoms with van der Waals surface area (Å²) in [5, 5.41) is 0. The Kier molecular flexibility index (Phi) is 6.86. The SMILES string of the molecule is O=C(C1CCN(S(=O)(=O)c2cccc(C(F)(F)F)c2)CC1)N1CCN(c2ccc(F)cc2)CC1. The molecule has 2 fully saturated rings. The monoisotopic (exact) mass is 499 g/mol. The number of piperazine rings is 1. The largest absolute Gasteiger partial charge is 0.416 e. The van der Waals surface area contributed by atoms with Crippen molar-refractivity contribution in [2.75, 3.05) is 44.2 Å². The summed E-state index contributed by atoms with van der Waals surface area (Å²) in [5.41, 5.74) is -0.125. The molecule has 0 bridgehead atoms. The lowest BCUT2D eigenvalue weighted by Crippen LogP contribution is -2.52. The Morgan fingerprint density at radius 3 is 2.09 bits per heavy atom. The van der Waals surface area contributed by atoms with Gasteiger partial charge in [-0.25, -0.2) is 12.8 Å². The summed E-state index contributed by atoms with van der Waals surface area (Å²) in [7, 11) is -4.08. The van der Waals surface area contributed by atoms with Gasteiger partial charge in [-0.3, -0.25) is 4.79 Å². The number of anilines is 1. The Morgan fingerprint density at radius 1 is 0.882 bits per heavy atom. The smallest absolute Gasteiger partial charge is 0.368 e. The first kappa shape index (κ1) is 24.5. The van der Waals surface area contributed by atoms with E-state index in [0.29, 0.717) is 45.1 Å². The Morgan fingerprint density at radius 2 is 1.50 bits per heavy atom. The maximum Gasteiger partial charge on any atom is 0.416 e.